The Labute approximate surface area is 159 Å². The number of nitrogens with zero attached hydrogens (tertiary/aromatic N) is 2. The lowest BCUT2D eigenvalue weighted by Gasteiger charge is -2.04. The van der Waals surface area contributed by atoms with E-state index in [2.05, 4.69) is 4.98 Å². The highest BCUT2D eigenvalue weighted by Crippen LogP contribution is 2.30. The molecule has 0 saturated heterocycles. The van der Waals surface area contributed by atoms with Crippen molar-refractivity contribution >= 4 is 23.0 Å². The largest absolute Gasteiger partial charge is 0.497 e. The van der Waals surface area contributed by atoms with E-state index in [9.17, 15) is 14.9 Å². The lowest BCUT2D eigenvalue weighted by molar-refractivity contribution is -0.385. The molecule has 0 spiro atoms. The number of hydrogen-bond donors (Lipinski definition) is 0. The molecule has 0 aliphatic rings. The van der Waals surface area contributed by atoms with Gasteiger partial charge >= 0.3 is 5.97 Å². The van der Waals surface area contributed by atoms with Gasteiger partial charge in [0.15, 0.2) is 0 Å². The molecular formula is C19H16N2O5S. The molecule has 27 heavy (non-hydrogen) atoms. The van der Waals surface area contributed by atoms with Gasteiger partial charge in [0, 0.05) is 11.6 Å². The monoisotopic (exact) mass is 384 g/mol. The van der Waals surface area contributed by atoms with Crippen LogP contribution in [0.4, 0.5) is 5.69 Å². The van der Waals surface area contributed by atoms with Crippen molar-refractivity contribution in [3.05, 3.63) is 74.8 Å². The molecule has 2 aromatic carbocycles. The molecule has 0 aliphatic carbocycles. The van der Waals surface area contributed by atoms with E-state index in [1.165, 1.54) is 17.4 Å². The Bertz CT molecular complexity index is 982. The summed E-state index contributed by atoms with van der Waals surface area (Å²) in [5.41, 5.74) is 1.68. The molecule has 0 atom stereocenters. The van der Waals surface area contributed by atoms with Gasteiger partial charge in [0.05, 0.1) is 23.3 Å². The van der Waals surface area contributed by atoms with Gasteiger partial charge in [0.1, 0.15) is 22.2 Å². The summed E-state index contributed by atoms with van der Waals surface area (Å²) >= 11 is 1.22. The van der Waals surface area contributed by atoms with Crippen molar-refractivity contribution < 1.29 is 19.2 Å². The lowest BCUT2D eigenvalue weighted by Crippen LogP contribution is -2.06. The molecule has 0 radical (unpaired) electrons. The highest BCUT2D eigenvalue weighted by molar-refractivity contribution is 7.17. The second kappa shape index (κ2) is 7.96. The van der Waals surface area contributed by atoms with Gasteiger partial charge < -0.3 is 9.47 Å². The fraction of sp³-hybridized carbons (Fsp3) is 0.158. The summed E-state index contributed by atoms with van der Waals surface area (Å²) < 4.78 is 10.4. The Morgan fingerprint density at radius 2 is 1.89 bits per heavy atom. The van der Waals surface area contributed by atoms with Crippen molar-refractivity contribution in [2.45, 2.75) is 13.5 Å². The first-order chi connectivity index (χ1) is 13.0. The number of esters is 1. The van der Waals surface area contributed by atoms with Crippen LogP contribution >= 0.6 is 11.3 Å². The van der Waals surface area contributed by atoms with Crippen LogP contribution < -0.4 is 4.74 Å². The summed E-state index contributed by atoms with van der Waals surface area (Å²) in [6, 6.07) is 13.5. The van der Waals surface area contributed by atoms with Gasteiger partial charge in [-0.05, 0) is 37.3 Å². The molecule has 1 heterocycles. The average Bonchev–Trinajstić information content (AvgIpc) is 3.08. The Morgan fingerprint density at radius 1 is 1.19 bits per heavy atom. The number of nitro benzene ring substituents is 1. The Morgan fingerprint density at radius 3 is 2.56 bits per heavy atom. The summed E-state index contributed by atoms with van der Waals surface area (Å²) in [4.78, 5) is 27.8. The highest BCUT2D eigenvalue weighted by atomic mass is 32.1. The molecule has 0 aliphatic heterocycles. The van der Waals surface area contributed by atoms with Gasteiger partial charge in [-0.25, -0.2) is 9.78 Å². The summed E-state index contributed by atoms with van der Waals surface area (Å²) in [6.07, 6.45) is 0. The predicted molar refractivity (Wildman–Crippen MR) is 101 cm³/mol. The second-order valence-electron chi connectivity index (χ2n) is 5.62. The van der Waals surface area contributed by atoms with Gasteiger partial charge in [0.2, 0.25) is 0 Å². The zero-order chi connectivity index (χ0) is 19.4. The van der Waals surface area contributed by atoms with Crippen molar-refractivity contribution in [3.63, 3.8) is 0 Å². The average molecular weight is 384 g/mol. The Balaban J connectivity index is 1.76. The number of hydrogen-bond acceptors (Lipinski definition) is 7. The number of para-hydroxylation sites is 1. The molecule has 8 heteroatoms. The fourth-order valence-corrected chi connectivity index (χ4v) is 3.43. The standard InChI is InChI=1S/C19H16N2O5S/c1-12-17(27-18(20-12)13-7-9-15(25-2)10-8-13)19(22)26-11-14-5-3-4-6-16(14)21(23)24/h3-10H,11H2,1-2H3. The van der Waals surface area contributed by atoms with Crippen LogP contribution in [0, 0.1) is 17.0 Å². The van der Waals surface area contributed by atoms with Crippen LogP contribution in [-0.4, -0.2) is 23.0 Å². The first-order valence-corrected chi connectivity index (χ1v) is 8.82. The molecule has 0 amide bonds. The lowest BCUT2D eigenvalue weighted by atomic mass is 10.2. The Hall–Kier alpha value is -3.26. The van der Waals surface area contributed by atoms with Crippen LogP contribution in [0.5, 0.6) is 5.75 Å². The third-order valence-electron chi connectivity index (χ3n) is 3.87. The molecule has 7 nitrogen and oxygen atoms in total. The molecule has 3 rings (SSSR count). The number of carbonyl (C=O) groups is 1. The third kappa shape index (κ3) is 4.12. The van der Waals surface area contributed by atoms with Gasteiger partial charge in [-0.2, -0.15) is 0 Å². The zero-order valence-electron chi connectivity index (χ0n) is 14.7. The van der Waals surface area contributed by atoms with Crippen LogP contribution in [0.25, 0.3) is 10.6 Å². The van der Waals surface area contributed by atoms with E-state index in [1.54, 1.807) is 32.2 Å². The van der Waals surface area contributed by atoms with E-state index in [4.69, 9.17) is 9.47 Å². The summed E-state index contributed by atoms with van der Waals surface area (Å²) in [7, 11) is 1.59. The molecule has 0 N–H and O–H groups in total. The Kier molecular flexibility index (Phi) is 5.46. The molecule has 0 saturated carbocycles. The number of rotatable bonds is 6. The van der Waals surface area contributed by atoms with Gasteiger partial charge in [-0.15, -0.1) is 11.3 Å². The van der Waals surface area contributed by atoms with E-state index >= 15 is 0 Å². The molecule has 138 valence electrons. The number of aromatic nitrogens is 1. The van der Waals surface area contributed by atoms with Gasteiger partial charge in [0.25, 0.3) is 5.69 Å². The van der Waals surface area contributed by atoms with Crippen LogP contribution in [0.2, 0.25) is 0 Å². The van der Waals surface area contributed by atoms with Crippen molar-refractivity contribution in [2.75, 3.05) is 7.11 Å². The van der Waals surface area contributed by atoms with E-state index < -0.39 is 10.9 Å². The molecule has 3 aromatic rings. The number of methoxy groups -OCH3 is 1. The van der Waals surface area contributed by atoms with E-state index in [0.717, 1.165) is 11.3 Å². The van der Waals surface area contributed by atoms with Crippen LogP contribution in [0.1, 0.15) is 20.9 Å². The molecule has 0 fully saturated rings. The van der Waals surface area contributed by atoms with Crippen LogP contribution in [0.3, 0.4) is 0 Å². The summed E-state index contributed by atoms with van der Waals surface area (Å²) in [5.74, 6) is 0.180. The number of ether oxygens (including phenoxy) is 2. The summed E-state index contributed by atoms with van der Waals surface area (Å²) in [5, 5.41) is 11.7. The number of aryl methyl sites for hydroxylation is 1. The number of nitro groups is 1. The van der Waals surface area contributed by atoms with Crippen molar-refractivity contribution in [1.82, 2.24) is 4.98 Å². The summed E-state index contributed by atoms with van der Waals surface area (Å²) in [6.45, 7) is 1.55. The second-order valence-corrected chi connectivity index (χ2v) is 6.62. The molecule has 1 aromatic heterocycles. The first kappa shape index (κ1) is 18.5. The first-order valence-electron chi connectivity index (χ1n) is 8.01. The fourth-order valence-electron chi connectivity index (χ4n) is 2.46. The quantitative estimate of drug-likeness (QED) is 0.355. The van der Waals surface area contributed by atoms with Gasteiger partial charge in [-0.3, -0.25) is 10.1 Å². The maximum absolute atomic E-state index is 12.4. The number of carbonyl (C=O) groups excluding carboxylic acids is 1. The van der Waals surface area contributed by atoms with Gasteiger partial charge in [-0.1, -0.05) is 12.1 Å². The normalized spacial score (nSPS) is 10.4. The van der Waals surface area contributed by atoms with E-state index in [-0.39, 0.29) is 12.3 Å². The SMILES string of the molecule is COc1ccc(-c2nc(C)c(C(=O)OCc3ccccc3[N+](=O)[O-])s2)cc1. The maximum Gasteiger partial charge on any atom is 0.350 e. The van der Waals surface area contributed by atoms with Crippen molar-refractivity contribution in [3.8, 4) is 16.3 Å². The van der Waals surface area contributed by atoms with E-state index in [0.29, 0.717) is 21.1 Å². The molecule has 0 unspecified atom stereocenters. The highest BCUT2D eigenvalue weighted by Gasteiger charge is 2.20. The minimum Gasteiger partial charge on any atom is -0.497 e. The third-order valence-corrected chi connectivity index (χ3v) is 5.05. The topological polar surface area (TPSA) is 91.6 Å². The number of thiazole rings is 1. The van der Waals surface area contributed by atoms with Crippen molar-refractivity contribution in [2.24, 2.45) is 0 Å². The molecule has 0 bridgehead atoms. The zero-order valence-corrected chi connectivity index (χ0v) is 15.5. The number of benzene rings is 2. The van der Waals surface area contributed by atoms with Crippen LogP contribution in [-0.2, 0) is 11.3 Å². The molecular weight excluding hydrogens is 368 g/mol. The minimum atomic E-state index is -0.553. The smallest absolute Gasteiger partial charge is 0.350 e. The maximum atomic E-state index is 12.4. The predicted octanol–water partition coefficient (Wildman–Crippen LogP) is 4.39. The minimum absolute atomic E-state index is 0.0785. The van der Waals surface area contributed by atoms with Crippen LogP contribution in [0.15, 0.2) is 48.5 Å². The van der Waals surface area contributed by atoms with Crippen molar-refractivity contribution in [1.29, 1.82) is 0 Å². The van der Waals surface area contributed by atoms with E-state index in [1.807, 2.05) is 24.3 Å².